The number of fused-ring (bicyclic) bond motifs is 2. The van der Waals surface area contributed by atoms with Crippen molar-refractivity contribution in [1.82, 2.24) is 24.5 Å². The average Bonchev–Trinajstić information content (AvgIpc) is 3.42. The standard InChI is InChI=1S/C23H22F4N6O2/c24-15-9-13-1-3-17(29-20(13)18(10-15)35-8-7-34)22-31-30-19-4-2-14(11-33(19)22)21(23(25,26)27)32-6-5-16(28)12-32/h1-4,9-11,16,21,34H,5-8,12,28H2. The van der Waals surface area contributed by atoms with Crippen LogP contribution in [0.25, 0.3) is 28.1 Å². The zero-order chi connectivity index (χ0) is 24.7. The Hall–Kier alpha value is -3.35. The van der Waals surface area contributed by atoms with Crippen LogP contribution in [0.3, 0.4) is 0 Å². The molecule has 3 N–H and O–H groups in total. The highest BCUT2D eigenvalue weighted by molar-refractivity contribution is 5.86. The molecule has 35 heavy (non-hydrogen) atoms. The molecule has 1 aliphatic rings. The van der Waals surface area contributed by atoms with Crippen LogP contribution in [0, 0.1) is 5.82 Å². The first kappa shape index (κ1) is 23.4. The fourth-order valence-electron chi connectivity index (χ4n) is 4.46. The van der Waals surface area contributed by atoms with Gasteiger partial charge >= 0.3 is 6.18 Å². The summed E-state index contributed by atoms with van der Waals surface area (Å²) < 4.78 is 63.1. The number of nitrogens with two attached hydrogens (primary N) is 1. The second-order valence-electron chi connectivity index (χ2n) is 8.45. The summed E-state index contributed by atoms with van der Waals surface area (Å²) in [7, 11) is 0. The Labute approximate surface area is 196 Å². The summed E-state index contributed by atoms with van der Waals surface area (Å²) in [5.74, 6) is -0.175. The van der Waals surface area contributed by atoms with Gasteiger partial charge in [-0.3, -0.25) is 9.30 Å². The predicted octanol–water partition coefficient (Wildman–Crippen LogP) is 3.09. The van der Waals surface area contributed by atoms with Crippen LogP contribution in [0.4, 0.5) is 17.6 Å². The highest BCUT2D eigenvalue weighted by Crippen LogP contribution is 2.39. The molecule has 0 amide bonds. The summed E-state index contributed by atoms with van der Waals surface area (Å²) in [5.41, 5.74) is 6.89. The molecule has 8 nitrogen and oxygen atoms in total. The van der Waals surface area contributed by atoms with Crippen LogP contribution in [0.1, 0.15) is 18.0 Å². The number of pyridine rings is 2. The van der Waals surface area contributed by atoms with E-state index >= 15 is 0 Å². The van der Waals surface area contributed by atoms with Crippen molar-refractivity contribution in [3.05, 3.63) is 54.0 Å². The van der Waals surface area contributed by atoms with Gasteiger partial charge in [-0.2, -0.15) is 13.2 Å². The number of hydrogen-bond acceptors (Lipinski definition) is 7. The van der Waals surface area contributed by atoms with Gasteiger partial charge in [-0.1, -0.05) is 12.1 Å². The first-order chi connectivity index (χ1) is 16.7. The lowest BCUT2D eigenvalue weighted by Crippen LogP contribution is -2.38. The first-order valence-electron chi connectivity index (χ1n) is 11.0. The first-order valence-corrected chi connectivity index (χ1v) is 11.0. The molecule has 0 radical (unpaired) electrons. The molecule has 0 bridgehead atoms. The Morgan fingerprint density at radius 3 is 2.71 bits per heavy atom. The maximum absolute atomic E-state index is 14.1. The third kappa shape index (κ3) is 4.51. The van der Waals surface area contributed by atoms with Gasteiger partial charge in [0.1, 0.15) is 35.4 Å². The third-order valence-corrected chi connectivity index (χ3v) is 5.97. The monoisotopic (exact) mass is 490 g/mol. The number of likely N-dealkylation sites (tertiary alicyclic amines) is 1. The number of ether oxygens (including phenoxy) is 1. The Kier molecular flexibility index (Phi) is 6.03. The van der Waals surface area contributed by atoms with E-state index in [1.54, 1.807) is 12.1 Å². The fourth-order valence-corrected chi connectivity index (χ4v) is 4.46. The van der Waals surface area contributed by atoms with Gasteiger partial charge < -0.3 is 15.6 Å². The summed E-state index contributed by atoms with van der Waals surface area (Å²) in [5, 5.41) is 17.7. The molecule has 4 aromatic rings. The molecular formula is C23H22F4N6O2. The Bertz CT molecular complexity index is 1380. The molecule has 2 unspecified atom stereocenters. The molecule has 3 aromatic heterocycles. The molecule has 0 saturated carbocycles. The van der Waals surface area contributed by atoms with Crippen LogP contribution in [0.2, 0.25) is 0 Å². The zero-order valence-corrected chi connectivity index (χ0v) is 18.4. The molecule has 184 valence electrons. The molecule has 2 atom stereocenters. The van der Waals surface area contributed by atoms with Crippen LogP contribution in [0.15, 0.2) is 42.6 Å². The quantitative estimate of drug-likeness (QED) is 0.401. The highest BCUT2D eigenvalue weighted by Gasteiger charge is 2.46. The largest absolute Gasteiger partial charge is 0.489 e. The normalized spacial score (nSPS) is 17.9. The Balaban J connectivity index is 1.60. The van der Waals surface area contributed by atoms with Crippen LogP contribution in [0.5, 0.6) is 5.75 Å². The van der Waals surface area contributed by atoms with Crippen molar-refractivity contribution < 1.29 is 27.4 Å². The van der Waals surface area contributed by atoms with E-state index in [1.807, 2.05) is 0 Å². The molecule has 12 heteroatoms. The second kappa shape index (κ2) is 9.02. The van der Waals surface area contributed by atoms with Crippen LogP contribution in [-0.2, 0) is 0 Å². The molecule has 0 aliphatic carbocycles. The smallest absolute Gasteiger partial charge is 0.408 e. The van der Waals surface area contributed by atoms with Gasteiger partial charge in [0.2, 0.25) is 0 Å². The summed E-state index contributed by atoms with van der Waals surface area (Å²) in [6, 6.07) is 6.39. The number of aliphatic hydroxyl groups excluding tert-OH is 1. The summed E-state index contributed by atoms with van der Waals surface area (Å²) in [6.45, 7) is 0.0761. The van der Waals surface area contributed by atoms with E-state index in [-0.39, 0.29) is 49.5 Å². The predicted molar refractivity (Wildman–Crippen MR) is 119 cm³/mol. The summed E-state index contributed by atoms with van der Waals surface area (Å²) >= 11 is 0. The van der Waals surface area contributed by atoms with E-state index < -0.39 is 18.0 Å². The number of benzene rings is 1. The zero-order valence-electron chi connectivity index (χ0n) is 18.4. The third-order valence-electron chi connectivity index (χ3n) is 5.97. The summed E-state index contributed by atoms with van der Waals surface area (Å²) in [6.07, 6.45) is -2.64. The van der Waals surface area contributed by atoms with E-state index in [0.717, 1.165) is 6.07 Å². The van der Waals surface area contributed by atoms with Gasteiger partial charge in [0.15, 0.2) is 11.5 Å². The molecule has 5 rings (SSSR count). The van der Waals surface area contributed by atoms with E-state index in [0.29, 0.717) is 28.7 Å². The maximum Gasteiger partial charge on any atom is 0.408 e. The fraction of sp³-hybridized carbons (Fsp3) is 0.348. The second-order valence-corrected chi connectivity index (χ2v) is 8.45. The summed E-state index contributed by atoms with van der Waals surface area (Å²) in [4.78, 5) is 5.86. The van der Waals surface area contributed by atoms with Crippen molar-refractivity contribution in [2.24, 2.45) is 5.73 Å². The number of alkyl halides is 3. The van der Waals surface area contributed by atoms with Crippen LogP contribution < -0.4 is 10.5 Å². The number of aliphatic hydroxyl groups is 1. The van der Waals surface area contributed by atoms with E-state index in [9.17, 15) is 17.6 Å². The maximum atomic E-state index is 14.1. The lowest BCUT2D eigenvalue weighted by Gasteiger charge is -2.30. The van der Waals surface area contributed by atoms with Crippen molar-refractivity contribution in [2.45, 2.75) is 24.7 Å². The molecule has 1 fully saturated rings. The number of nitrogens with zero attached hydrogens (tertiary/aromatic N) is 5. The number of aromatic nitrogens is 4. The topological polar surface area (TPSA) is 102 Å². The van der Waals surface area contributed by atoms with Crippen molar-refractivity contribution in [3.63, 3.8) is 0 Å². The molecule has 1 aromatic carbocycles. The lowest BCUT2D eigenvalue weighted by atomic mass is 10.1. The van der Waals surface area contributed by atoms with Gasteiger partial charge in [-0.25, -0.2) is 9.37 Å². The Morgan fingerprint density at radius 1 is 1.17 bits per heavy atom. The molecule has 1 aliphatic heterocycles. The average molecular weight is 490 g/mol. The van der Waals surface area contributed by atoms with Gasteiger partial charge in [0, 0.05) is 36.8 Å². The van der Waals surface area contributed by atoms with Gasteiger partial charge in [0.05, 0.1) is 6.61 Å². The van der Waals surface area contributed by atoms with Gasteiger partial charge in [0.25, 0.3) is 0 Å². The number of halogens is 4. The Morgan fingerprint density at radius 2 is 2.00 bits per heavy atom. The number of hydrogen-bond donors (Lipinski definition) is 2. The molecule has 4 heterocycles. The van der Waals surface area contributed by atoms with Crippen molar-refractivity contribution >= 4 is 16.6 Å². The molecule has 0 spiro atoms. The molecular weight excluding hydrogens is 468 g/mol. The highest BCUT2D eigenvalue weighted by atomic mass is 19.4. The minimum Gasteiger partial charge on any atom is -0.489 e. The van der Waals surface area contributed by atoms with Gasteiger partial charge in [-0.05, 0) is 30.2 Å². The molecule has 1 saturated heterocycles. The van der Waals surface area contributed by atoms with Crippen molar-refractivity contribution in [2.75, 3.05) is 26.3 Å². The van der Waals surface area contributed by atoms with Gasteiger partial charge in [-0.15, -0.1) is 10.2 Å². The minimum absolute atomic E-state index is 0.0370. The van der Waals surface area contributed by atoms with E-state index in [1.165, 1.54) is 33.7 Å². The van der Waals surface area contributed by atoms with Crippen molar-refractivity contribution in [3.8, 4) is 17.3 Å². The SMILES string of the molecule is NC1CCN(C(c2ccc3nnc(-c4ccc5cc(F)cc(OCCO)c5n4)n3c2)C(F)(F)F)C1. The minimum atomic E-state index is -4.50. The van der Waals surface area contributed by atoms with Crippen LogP contribution in [-0.4, -0.2) is 68.1 Å². The van der Waals surface area contributed by atoms with E-state index in [4.69, 9.17) is 15.6 Å². The van der Waals surface area contributed by atoms with Crippen LogP contribution >= 0.6 is 0 Å². The lowest BCUT2D eigenvalue weighted by molar-refractivity contribution is -0.183. The number of rotatable bonds is 6. The van der Waals surface area contributed by atoms with E-state index in [2.05, 4.69) is 15.2 Å². The van der Waals surface area contributed by atoms with Crippen molar-refractivity contribution in [1.29, 1.82) is 0 Å².